The molecule has 1 amide bonds. The van der Waals surface area contributed by atoms with E-state index >= 15 is 0 Å². The molecule has 1 aromatic heterocycles. The van der Waals surface area contributed by atoms with Crippen molar-refractivity contribution in [2.24, 2.45) is 5.92 Å². The number of aromatic nitrogens is 1. The van der Waals surface area contributed by atoms with Crippen LogP contribution in [0.25, 0.3) is 0 Å². The molecule has 0 radical (unpaired) electrons. The van der Waals surface area contributed by atoms with Gasteiger partial charge in [0.15, 0.2) is 5.82 Å². The zero-order chi connectivity index (χ0) is 18.2. The van der Waals surface area contributed by atoms with Gasteiger partial charge in [-0.25, -0.2) is 4.98 Å². The maximum absolute atomic E-state index is 13.1. The molecule has 1 aromatic carbocycles. The standard InChI is InChI=1S/C18H18F3N3O/c1-24(2)16-15(8-5-9-22-16)23-17(25)13-10-12(13)11-6-3-4-7-14(11)18(19,20)21/h3-9,12-13H,10H2,1-2H3,(H,23,25)/t12-,13-/m0/s1. The Bertz CT molecular complexity index is 789. The summed E-state index contributed by atoms with van der Waals surface area (Å²) in [5.74, 6) is -0.544. The van der Waals surface area contributed by atoms with Crippen LogP contribution in [0.2, 0.25) is 0 Å². The predicted molar refractivity (Wildman–Crippen MR) is 89.5 cm³/mol. The molecule has 25 heavy (non-hydrogen) atoms. The van der Waals surface area contributed by atoms with Crippen LogP contribution in [0.3, 0.4) is 0 Å². The Morgan fingerprint density at radius 2 is 1.92 bits per heavy atom. The molecule has 1 aliphatic carbocycles. The van der Waals surface area contributed by atoms with Gasteiger partial charge in [0.1, 0.15) is 0 Å². The molecule has 4 nitrogen and oxygen atoms in total. The maximum Gasteiger partial charge on any atom is 0.416 e. The summed E-state index contributed by atoms with van der Waals surface area (Å²) in [6.07, 6.45) is -2.39. The number of rotatable bonds is 4. The Morgan fingerprint density at radius 3 is 2.60 bits per heavy atom. The summed E-state index contributed by atoms with van der Waals surface area (Å²) < 4.78 is 39.4. The second kappa shape index (κ2) is 6.38. The molecule has 2 atom stereocenters. The van der Waals surface area contributed by atoms with Gasteiger partial charge >= 0.3 is 6.18 Å². The Labute approximate surface area is 143 Å². The van der Waals surface area contributed by atoms with E-state index in [1.807, 2.05) is 0 Å². The fraction of sp³-hybridized carbons (Fsp3) is 0.333. The second-order valence-electron chi connectivity index (χ2n) is 6.29. The lowest BCUT2D eigenvalue weighted by molar-refractivity contribution is -0.138. The minimum Gasteiger partial charge on any atom is -0.361 e. The summed E-state index contributed by atoms with van der Waals surface area (Å²) in [4.78, 5) is 18.4. The zero-order valence-electron chi connectivity index (χ0n) is 13.8. The molecule has 1 aliphatic rings. The van der Waals surface area contributed by atoms with E-state index in [0.29, 0.717) is 17.9 Å². The maximum atomic E-state index is 13.1. The summed E-state index contributed by atoms with van der Waals surface area (Å²) in [6.45, 7) is 0. The van der Waals surface area contributed by atoms with E-state index in [4.69, 9.17) is 0 Å². The largest absolute Gasteiger partial charge is 0.416 e. The van der Waals surface area contributed by atoms with Crippen molar-refractivity contribution < 1.29 is 18.0 Å². The van der Waals surface area contributed by atoms with Gasteiger partial charge in [-0.2, -0.15) is 13.2 Å². The van der Waals surface area contributed by atoms with Gasteiger partial charge in [-0.15, -0.1) is 0 Å². The Balaban J connectivity index is 1.76. The third kappa shape index (κ3) is 3.60. The van der Waals surface area contributed by atoms with Gasteiger partial charge in [-0.3, -0.25) is 4.79 Å². The molecular weight excluding hydrogens is 331 g/mol. The molecule has 7 heteroatoms. The summed E-state index contributed by atoms with van der Waals surface area (Å²) in [5.41, 5.74) is 0.0760. The number of halogens is 3. The van der Waals surface area contributed by atoms with E-state index in [1.165, 1.54) is 12.1 Å². The molecule has 0 spiro atoms. The number of amides is 1. The first kappa shape index (κ1) is 17.3. The highest BCUT2D eigenvalue weighted by Crippen LogP contribution is 2.51. The SMILES string of the molecule is CN(C)c1ncccc1NC(=O)[C@H]1C[C@H]1c1ccccc1C(F)(F)F. The molecule has 0 bridgehead atoms. The molecule has 2 aromatic rings. The first-order valence-corrected chi connectivity index (χ1v) is 7.88. The normalized spacial score (nSPS) is 19.4. The highest BCUT2D eigenvalue weighted by Gasteiger charge is 2.47. The van der Waals surface area contributed by atoms with Crippen LogP contribution in [0.15, 0.2) is 42.6 Å². The third-order valence-corrected chi connectivity index (χ3v) is 4.26. The van der Waals surface area contributed by atoms with Crippen molar-refractivity contribution in [3.63, 3.8) is 0 Å². The van der Waals surface area contributed by atoms with Crippen LogP contribution in [0.5, 0.6) is 0 Å². The number of carbonyl (C=O) groups is 1. The van der Waals surface area contributed by atoms with Gasteiger partial charge in [-0.1, -0.05) is 18.2 Å². The lowest BCUT2D eigenvalue weighted by Crippen LogP contribution is -2.19. The van der Waals surface area contributed by atoms with E-state index in [0.717, 1.165) is 6.07 Å². The molecule has 1 N–H and O–H groups in total. The fourth-order valence-corrected chi connectivity index (χ4v) is 2.98. The Hall–Kier alpha value is -2.57. The summed E-state index contributed by atoms with van der Waals surface area (Å²) >= 11 is 0. The molecule has 1 fully saturated rings. The van der Waals surface area contributed by atoms with Crippen molar-refractivity contribution in [1.82, 2.24) is 4.98 Å². The van der Waals surface area contributed by atoms with E-state index < -0.39 is 23.6 Å². The number of nitrogens with zero attached hydrogens (tertiary/aromatic N) is 2. The van der Waals surface area contributed by atoms with E-state index in [2.05, 4.69) is 10.3 Å². The molecule has 1 heterocycles. The number of carbonyl (C=O) groups excluding carboxylic acids is 1. The van der Waals surface area contributed by atoms with Crippen molar-refractivity contribution in [3.8, 4) is 0 Å². The number of hydrogen-bond donors (Lipinski definition) is 1. The van der Waals surface area contributed by atoms with Crippen molar-refractivity contribution in [2.75, 3.05) is 24.3 Å². The number of benzene rings is 1. The van der Waals surface area contributed by atoms with Gasteiger partial charge in [-0.05, 0) is 36.1 Å². The van der Waals surface area contributed by atoms with Crippen molar-refractivity contribution in [1.29, 1.82) is 0 Å². The van der Waals surface area contributed by atoms with Crippen LogP contribution in [0.4, 0.5) is 24.7 Å². The van der Waals surface area contributed by atoms with Crippen molar-refractivity contribution in [3.05, 3.63) is 53.7 Å². The minimum atomic E-state index is -4.42. The highest BCUT2D eigenvalue weighted by molar-refractivity contribution is 5.97. The van der Waals surface area contributed by atoms with Gasteiger partial charge < -0.3 is 10.2 Å². The van der Waals surface area contributed by atoms with E-state index in [-0.39, 0.29) is 11.5 Å². The molecule has 0 unspecified atom stereocenters. The summed E-state index contributed by atoms with van der Waals surface area (Å²) in [7, 11) is 3.61. The summed E-state index contributed by atoms with van der Waals surface area (Å²) in [5, 5.41) is 2.79. The first-order valence-electron chi connectivity index (χ1n) is 7.88. The Kier molecular flexibility index (Phi) is 4.41. The smallest absolute Gasteiger partial charge is 0.361 e. The molecule has 3 rings (SSSR count). The molecule has 0 aliphatic heterocycles. The van der Waals surface area contributed by atoms with Crippen LogP contribution in [0, 0.1) is 5.92 Å². The van der Waals surface area contributed by atoms with E-state index in [1.54, 1.807) is 43.4 Å². The summed E-state index contributed by atoms with van der Waals surface area (Å²) in [6, 6.07) is 8.88. The lowest BCUT2D eigenvalue weighted by atomic mass is 10.0. The molecule has 132 valence electrons. The number of nitrogens with one attached hydrogen (secondary N) is 1. The first-order chi connectivity index (χ1) is 11.8. The second-order valence-corrected chi connectivity index (χ2v) is 6.29. The minimum absolute atomic E-state index is 0.189. The topological polar surface area (TPSA) is 45.2 Å². The van der Waals surface area contributed by atoms with Gasteiger partial charge in [0.2, 0.25) is 5.91 Å². The average Bonchev–Trinajstić information content (AvgIpc) is 3.35. The number of hydrogen-bond acceptors (Lipinski definition) is 3. The monoisotopic (exact) mass is 349 g/mol. The quantitative estimate of drug-likeness (QED) is 0.910. The van der Waals surface area contributed by atoms with Crippen LogP contribution in [-0.4, -0.2) is 25.0 Å². The van der Waals surface area contributed by atoms with Crippen LogP contribution in [0.1, 0.15) is 23.5 Å². The van der Waals surface area contributed by atoms with Gasteiger partial charge in [0.25, 0.3) is 0 Å². The molecule has 0 saturated heterocycles. The number of alkyl halides is 3. The number of anilines is 2. The number of pyridine rings is 1. The zero-order valence-corrected chi connectivity index (χ0v) is 13.8. The lowest BCUT2D eigenvalue weighted by Gasteiger charge is -2.16. The highest BCUT2D eigenvalue weighted by atomic mass is 19.4. The predicted octanol–water partition coefficient (Wildman–Crippen LogP) is 3.91. The molecular formula is C18H18F3N3O. The van der Waals surface area contributed by atoms with E-state index in [9.17, 15) is 18.0 Å². The average molecular weight is 349 g/mol. The van der Waals surface area contributed by atoms with Crippen LogP contribution < -0.4 is 10.2 Å². The van der Waals surface area contributed by atoms with Gasteiger partial charge in [0.05, 0.1) is 11.3 Å². The third-order valence-electron chi connectivity index (χ3n) is 4.26. The fourth-order valence-electron chi connectivity index (χ4n) is 2.98. The van der Waals surface area contributed by atoms with Gasteiger partial charge in [0, 0.05) is 26.2 Å². The van der Waals surface area contributed by atoms with Crippen LogP contribution >= 0.6 is 0 Å². The molecule has 1 saturated carbocycles. The van der Waals surface area contributed by atoms with Crippen LogP contribution in [-0.2, 0) is 11.0 Å². The van der Waals surface area contributed by atoms with Crippen molar-refractivity contribution >= 4 is 17.4 Å². The Morgan fingerprint density at radius 1 is 1.20 bits per heavy atom. The van der Waals surface area contributed by atoms with Crippen molar-refractivity contribution in [2.45, 2.75) is 18.5 Å².